The molecule has 0 aliphatic rings. The van der Waals surface area contributed by atoms with Crippen molar-refractivity contribution in [1.82, 2.24) is 10.3 Å². The molecule has 0 radical (unpaired) electrons. The molecule has 0 bridgehead atoms. The lowest BCUT2D eigenvalue weighted by Gasteiger charge is -2.16. The first-order chi connectivity index (χ1) is 10.5. The molecule has 1 amide bonds. The summed E-state index contributed by atoms with van der Waals surface area (Å²) in [7, 11) is 1.58. The maximum atomic E-state index is 12.4. The largest absolute Gasteiger partial charge is 0.394 e. The van der Waals surface area contributed by atoms with Gasteiger partial charge in [-0.1, -0.05) is 23.7 Å². The Hall–Kier alpha value is -1.47. The van der Waals surface area contributed by atoms with Crippen LogP contribution in [0, 0.1) is 6.92 Å². The van der Waals surface area contributed by atoms with E-state index in [9.17, 15) is 9.90 Å². The molecular weight excluding hydrogens is 324 g/mol. The summed E-state index contributed by atoms with van der Waals surface area (Å²) in [4.78, 5) is 17.2. The predicted molar refractivity (Wildman–Crippen MR) is 86.3 cm³/mol. The van der Waals surface area contributed by atoms with Gasteiger partial charge in [-0.3, -0.25) is 4.79 Å². The van der Waals surface area contributed by atoms with Crippen LogP contribution in [-0.2, 0) is 11.3 Å². The summed E-state index contributed by atoms with van der Waals surface area (Å²) < 4.78 is 5.02. The lowest BCUT2D eigenvalue weighted by Crippen LogP contribution is -2.30. The summed E-state index contributed by atoms with van der Waals surface area (Å²) in [5.74, 6) is -0.258. The Morgan fingerprint density at radius 3 is 2.73 bits per heavy atom. The summed E-state index contributed by atoms with van der Waals surface area (Å²) in [5.41, 5.74) is 1.45. The number of carbonyl (C=O) groups excluding carboxylic acids is 1. The third-order valence-electron chi connectivity index (χ3n) is 3.08. The van der Waals surface area contributed by atoms with Crippen molar-refractivity contribution in [2.75, 3.05) is 13.7 Å². The Labute approximate surface area is 137 Å². The zero-order chi connectivity index (χ0) is 16.1. The number of aliphatic hydroxyl groups excluding tert-OH is 1. The number of aromatic nitrogens is 1. The van der Waals surface area contributed by atoms with Gasteiger partial charge in [-0.05, 0) is 24.6 Å². The first-order valence-electron chi connectivity index (χ1n) is 6.67. The van der Waals surface area contributed by atoms with Crippen molar-refractivity contribution in [2.24, 2.45) is 0 Å². The molecule has 0 spiro atoms. The zero-order valence-electron chi connectivity index (χ0n) is 12.3. The molecule has 0 saturated heterocycles. The summed E-state index contributed by atoms with van der Waals surface area (Å²) in [6, 6.07) is 6.51. The van der Waals surface area contributed by atoms with Gasteiger partial charge in [0.15, 0.2) is 0 Å². The third-order valence-corrected chi connectivity index (χ3v) is 4.46. The van der Waals surface area contributed by atoms with Crippen LogP contribution in [0.2, 0.25) is 5.02 Å². The van der Waals surface area contributed by atoms with E-state index in [0.717, 1.165) is 10.6 Å². The molecule has 2 N–H and O–H groups in total. The van der Waals surface area contributed by atoms with E-state index in [1.807, 2.05) is 0 Å². The number of methoxy groups -OCH3 is 1. The number of halogens is 1. The number of benzene rings is 1. The fourth-order valence-corrected chi connectivity index (χ4v) is 3.07. The first-order valence-corrected chi connectivity index (χ1v) is 7.87. The van der Waals surface area contributed by atoms with E-state index in [4.69, 9.17) is 16.3 Å². The Morgan fingerprint density at radius 2 is 2.14 bits per heavy atom. The van der Waals surface area contributed by atoms with Crippen molar-refractivity contribution in [3.8, 4) is 0 Å². The topological polar surface area (TPSA) is 71.5 Å². The standard InChI is InChI=1S/C15H17ClN2O3S/c1-9-14(22-13(17-9)8-21-2)15(20)18-12(7-19)10-3-5-11(16)6-4-10/h3-6,12,19H,7-8H2,1-2H3,(H,18,20). The van der Waals surface area contributed by atoms with E-state index >= 15 is 0 Å². The number of amides is 1. The van der Waals surface area contributed by atoms with Crippen LogP contribution in [0.15, 0.2) is 24.3 Å². The first kappa shape index (κ1) is 16.9. The van der Waals surface area contributed by atoms with E-state index in [-0.39, 0.29) is 12.5 Å². The van der Waals surface area contributed by atoms with Crippen LogP contribution in [-0.4, -0.2) is 29.7 Å². The van der Waals surface area contributed by atoms with Gasteiger partial charge in [0.1, 0.15) is 9.88 Å². The minimum atomic E-state index is -0.489. The molecule has 1 heterocycles. The smallest absolute Gasteiger partial charge is 0.263 e. The lowest BCUT2D eigenvalue weighted by molar-refractivity contribution is 0.0919. The normalized spacial score (nSPS) is 12.2. The summed E-state index contributed by atoms with van der Waals surface area (Å²) >= 11 is 7.14. The molecule has 0 aliphatic heterocycles. The van der Waals surface area contributed by atoms with Gasteiger partial charge in [0.05, 0.1) is 24.9 Å². The van der Waals surface area contributed by atoms with E-state index in [1.165, 1.54) is 11.3 Å². The molecule has 7 heteroatoms. The van der Waals surface area contributed by atoms with Crippen LogP contribution in [0.3, 0.4) is 0 Å². The number of ether oxygens (including phenoxy) is 1. The lowest BCUT2D eigenvalue weighted by atomic mass is 10.1. The van der Waals surface area contributed by atoms with Crippen LogP contribution in [0.25, 0.3) is 0 Å². The molecule has 118 valence electrons. The summed E-state index contributed by atoms with van der Waals surface area (Å²) in [5, 5.41) is 13.7. The number of aliphatic hydroxyl groups is 1. The van der Waals surface area contributed by atoms with Crippen molar-refractivity contribution in [3.63, 3.8) is 0 Å². The minimum Gasteiger partial charge on any atom is -0.394 e. The molecule has 2 aromatic rings. The molecule has 1 aromatic carbocycles. The molecular formula is C15H17ClN2O3S. The number of thiazole rings is 1. The van der Waals surface area contributed by atoms with Crippen LogP contribution in [0.4, 0.5) is 0 Å². The van der Waals surface area contributed by atoms with Crippen molar-refractivity contribution < 1.29 is 14.6 Å². The molecule has 1 aromatic heterocycles. The van der Waals surface area contributed by atoms with Crippen molar-refractivity contribution in [1.29, 1.82) is 0 Å². The van der Waals surface area contributed by atoms with Gasteiger partial charge in [-0.2, -0.15) is 0 Å². The number of carbonyl (C=O) groups is 1. The second-order valence-corrected chi connectivity index (χ2v) is 6.24. The Morgan fingerprint density at radius 1 is 1.45 bits per heavy atom. The Kier molecular flexibility index (Phi) is 5.90. The highest BCUT2D eigenvalue weighted by atomic mass is 35.5. The van der Waals surface area contributed by atoms with Gasteiger partial charge in [-0.25, -0.2) is 4.98 Å². The average molecular weight is 341 g/mol. The van der Waals surface area contributed by atoms with Crippen LogP contribution < -0.4 is 5.32 Å². The highest BCUT2D eigenvalue weighted by Crippen LogP contribution is 2.21. The molecule has 2 rings (SSSR count). The molecule has 5 nitrogen and oxygen atoms in total. The number of rotatable bonds is 6. The number of hydrogen-bond acceptors (Lipinski definition) is 5. The molecule has 1 unspecified atom stereocenters. The van der Waals surface area contributed by atoms with E-state index in [0.29, 0.717) is 22.2 Å². The Bertz CT molecular complexity index is 643. The van der Waals surface area contributed by atoms with Crippen molar-refractivity contribution in [3.05, 3.63) is 50.4 Å². The minimum absolute atomic E-state index is 0.198. The summed E-state index contributed by atoms with van der Waals surface area (Å²) in [6.45, 7) is 1.95. The van der Waals surface area contributed by atoms with Crippen molar-refractivity contribution >= 4 is 28.8 Å². The SMILES string of the molecule is COCc1nc(C)c(C(=O)NC(CO)c2ccc(Cl)cc2)s1. The maximum absolute atomic E-state index is 12.4. The molecule has 0 aliphatic carbocycles. The van der Waals surface area contributed by atoms with Gasteiger partial charge in [0.2, 0.25) is 0 Å². The van der Waals surface area contributed by atoms with Gasteiger partial charge >= 0.3 is 0 Å². The van der Waals surface area contributed by atoms with E-state index in [1.54, 1.807) is 38.3 Å². The second-order valence-electron chi connectivity index (χ2n) is 4.72. The van der Waals surface area contributed by atoms with Crippen LogP contribution in [0.5, 0.6) is 0 Å². The van der Waals surface area contributed by atoms with Crippen molar-refractivity contribution in [2.45, 2.75) is 19.6 Å². The van der Waals surface area contributed by atoms with E-state index < -0.39 is 6.04 Å². The van der Waals surface area contributed by atoms with E-state index in [2.05, 4.69) is 10.3 Å². The number of aryl methyl sites for hydroxylation is 1. The number of nitrogens with one attached hydrogen (secondary N) is 1. The predicted octanol–water partition coefficient (Wildman–Crippen LogP) is 2.71. The van der Waals surface area contributed by atoms with Gasteiger partial charge in [0.25, 0.3) is 5.91 Å². The highest BCUT2D eigenvalue weighted by Gasteiger charge is 2.19. The number of hydrogen-bond donors (Lipinski definition) is 2. The van der Waals surface area contributed by atoms with Gasteiger partial charge in [0, 0.05) is 12.1 Å². The molecule has 0 fully saturated rings. The molecule has 0 saturated carbocycles. The Balaban J connectivity index is 2.13. The van der Waals surface area contributed by atoms with Gasteiger partial charge < -0.3 is 15.2 Å². The quantitative estimate of drug-likeness (QED) is 0.848. The van der Waals surface area contributed by atoms with Gasteiger partial charge in [-0.15, -0.1) is 11.3 Å². The third kappa shape index (κ3) is 4.04. The maximum Gasteiger partial charge on any atom is 0.263 e. The zero-order valence-corrected chi connectivity index (χ0v) is 13.9. The van der Waals surface area contributed by atoms with Crippen LogP contribution >= 0.6 is 22.9 Å². The monoisotopic (exact) mass is 340 g/mol. The summed E-state index contributed by atoms with van der Waals surface area (Å²) in [6.07, 6.45) is 0. The highest BCUT2D eigenvalue weighted by molar-refractivity contribution is 7.13. The fourth-order valence-electron chi connectivity index (χ4n) is 2.00. The number of nitrogens with zero attached hydrogens (tertiary/aromatic N) is 1. The molecule has 1 atom stereocenters. The average Bonchev–Trinajstić information content (AvgIpc) is 2.87. The second kappa shape index (κ2) is 7.69. The van der Waals surface area contributed by atoms with Crippen LogP contribution in [0.1, 0.15) is 32.0 Å². The fraction of sp³-hybridized carbons (Fsp3) is 0.333. The molecule has 22 heavy (non-hydrogen) atoms.